The van der Waals surface area contributed by atoms with E-state index in [1.54, 1.807) is 0 Å². The van der Waals surface area contributed by atoms with Crippen molar-refractivity contribution < 1.29 is 4.74 Å². The second-order valence-corrected chi connectivity index (χ2v) is 5.87. The van der Waals surface area contributed by atoms with Crippen molar-refractivity contribution in [1.29, 1.82) is 0 Å². The lowest BCUT2D eigenvalue weighted by molar-refractivity contribution is -0.0924. The second-order valence-electron chi connectivity index (χ2n) is 5.87. The van der Waals surface area contributed by atoms with E-state index >= 15 is 0 Å². The average molecular weight is 197 g/mol. The van der Waals surface area contributed by atoms with Crippen molar-refractivity contribution in [3.05, 3.63) is 0 Å². The number of piperidine rings is 1. The van der Waals surface area contributed by atoms with Crippen molar-refractivity contribution in [2.45, 2.75) is 70.2 Å². The zero-order valence-electron chi connectivity index (χ0n) is 9.92. The smallest absolute Gasteiger partial charge is 0.0612 e. The monoisotopic (exact) mass is 197 g/mol. The van der Waals surface area contributed by atoms with E-state index in [4.69, 9.17) is 4.74 Å². The van der Waals surface area contributed by atoms with Crippen LogP contribution in [-0.4, -0.2) is 35.7 Å². The number of ether oxygens (including phenoxy) is 1. The van der Waals surface area contributed by atoms with Gasteiger partial charge in [-0.05, 0) is 53.5 Å². The summed E-state index contributed by atoms with van der Waals surface area (Å²) in [6.07, 6.45) is 5.74. The van der Waals surface area contributed by atoms with Crippen LogP contribution in [0, 0.1) is 0 Å². The normalized spacial score (nSPS) is 39.0. The molecule has 2 atom stereocenters. The lowest BCUT2D eigenvalue weighted by Gasteiger charge is -2.38. The fourth-order valence-electron chi connectivity index (χ4n) is 2.96. The van der Waals surface area contributed by atoms with Crippen LogP contribution in [0.4, 0.5) is 0 Å². The van der Waals surface area contributed by atoms with E-state index in [0.29, 0.717) is 6.10 Å². The van der Waals surface area contributed by atoms with Gasteiger partial charge in [-0.3, -0.25) is 0 Å². The maximum absolute atomic E-state index is 6.08. The van der Waals surface area contributed by atoms with E-state index in [-0.39, 0.29) is 5.60 Å². The Morgan fingerprint density at radius 2 is 1.57 bits per heavy atom. The van der Waals surface area contributed by atoms with Gasteiger partial charge >= 0.3 is 0 Å². The summed E-state index contributed by atoms with van der Waals surface area (Å²) in [4.78, 5) is 2.56. The molecule has 2 bridgehead atoms. The summed E-state index contributed by atoms with van der Waals surface area (Å²) in [5, 5.41) is 0. The fourth-order valence-corrected chi connectivity index (χ4v) is 2.96. The molecule has 0 aromatic carbocycles. The molecule has 0 aromatic rings. The van der Waals surface area contributed by atoms with Gasteiger partial charge in [0, 0.05) is 12.1 Å². The summed E-state index contributed by atoms with van der Waals surface area (Å²) in [5.74, 6) is 0. The van der Waals surface area contributed by atoms with Crippen molar-refractivity contribution in [2.75, 3.05) is 7.05 Å². The molecule has 0 aromatic heterocycles. The third kappa shape index (κ3) is 2.12. The Labute approximate surface area is 87.6 Å². The van der Waals surface area contributed by atoms with Crippen LogP contribution in [0.5, 0.6) is 0 Å². The SMILES string of the molecule is CN1C2CCC1CC(OC(C)(C)C)C2. The first-order valence-electron chi connectivity index (χ1n) is 5.85. The predicted molar refractivity (Wildman–Crippen MR) is 58.4 cm³/mol. The largest absolute Gasteiger partial charge is 0.373 e. The topological polar surface area (TPSA) is 12.5 Å². The molecule has 2 aliphatic rings. The molecule has 2 saturated heterocycles. The highest BCUT2D eigenvalue weighted by Gasteiger charge is 2.39. The van der Waals surface area contributed by atoms with Crippen LogP contribution >= 0.6 is 0 Å². The molecule has 2 heteroatoms. The highest BCUT2D eigenvalue weighted by atomic mass is 16.5. The number of nitrogens with zero attached hydrogens (tertiary/aromatic N) is 1. The third-order valence-electron chi connectivity index (χ3n) is 3.58. The summed E-state index contributed by atoms with van der Waals surface area (Å²) in [6.45, 7) is 6.48. The van der Waals surface area contributed by atoms with Crippen LogP contribution in [0.1, 0.15) is 46.5 Å². The Hall–Kier alpha value is -0.0800. The lowest BCUT2D eigenvalue weighted by atomic mass is 9.99. The zero-order chi connectivity index (χ0) is 10.3. The van der Waals surface area contributed by atoms with Crippen LogP contribution in [0.3, 0.4) is 0 Å². The number of rotatable bonds is 1. The van der Waals surface area contributed by atoms with Gasteiger partial charge in [-0.15, -0.1) is 0 Å². The molecule has 82 valence electrons. The third-order valence-corrected chi connectivity index (χ3v) is 3.58. The van der Waals surface area contributed by atoms with Gasteiger partial charge < -0.3 is 9.64 Å². The van der Waals surface area contributed by atoms with Crippen LogP contribution in [-0.2, 0) is 4.74 Å². The van der Waals surface area contributed by atoms with Gasteiger partial charge in [-0.25, -0.2) is 0 Å². The molecule has 0 spiro atoms. The van der Waals surface area contributed by atoms with E-state index in [9.17, 15) is 0 Å². The molecule has 2 heterocycles. The molecule has 0 amide bonds. The molecule has 2 aliphatic heterocycles. The average Bonchev–Trinajstić information content (AvgIpc) is 2.32. The molecular formula is C12H23NO. The summed E-state index contributed by atoms with van der Waals surface area (Å²) in [6, 6.07) is 1.59. The Morgan fingerprint density at radius 1 is 1.07 bits per heavy atom. The van der Waals surface area contributed by atoms with Crippen molar-refractivity contribution in [1.82, 2.24) is 4.90 Å². The molecule has 14 heavy (non-hydrogen) atoms. The highest BCUT2D eigenvalue weighted by Crippen LogP contribution is 2.36. The maximum Gasteiger partial charge on any atom is 0.0612 e. The first kappa shape index (κ1) is 10.4. The van der Waals surface area contributed by atoms with Gasteiger partial charge in [0.15, 0.2) is 0 Å². The predicted octanol–water partition coefficient (Wildman–Crippen LogP) is 2.43. The Bertz CT molecular complexity index is 195. The second kappa shape index (κ2) is 3.49. The van der Waals surface area contributed by atoms with Gasteiger partial charge in [0.25, 0.3) is 0 Å². The summed E-state index contributed by atoms with van der Waals surface area (Å²) in [7, 11) is 2.27. The van der Waals surface area contributed by atoms with Gasteiger partial charge in [-0.1, -0.05) is 0 Å². The number of hydrogen-bond donors (Lipinski definition) is 0. The van der Waals surface area contributed by atoms with Crippen molar-refractivity contribution >= 4 is 0 Å². The Kier molecular flexibility index (Phi) is 2.61. The van der Waals surface area contributed by atoms with Crippen LogP contribution in [0.2, 0.25) is 0 Å². The van der Waals surface area contributed by atoms with E-state index < -0.39 is 0 Å². The first-order chi connectivity index (χ1) is 6.46. The van der Waals surface area contributed by atoms with E-state index in [1.807, 2.05) is 0 Å². The molecule has 0 N–H and O–H groups in total. The minimum absolute atomic E-state index is 0.0278. The maximum atomic E-state index is 6.08. The van der Waals surface area contributed by atoms with Crippen molar-refractivity contribution in [3.63, 3.8) is 0 Å². The highest BCUT2D eigenvalue weighted by molar-refractivity contribution is 4.94. The van der Waals surface area contributed by atoms with Crippen LogP contribution < -0.4 is 0 Å². The van der Waals surface area contributed by atoms with E-state index in [0.717, 1.165) is 12.1 Å². The molecule has 0 saturated carbocycles. The van der Waals surface area contributed by atoms with Gasteiger partial charge in [0.05, 0.1) is 11.7 Å². The minimum Gasteiger partial charge on any atom is -0.373 e. The summed E-state index contributed by atoms with van der Waals surface area (Å²) < 4.78 is 6.08. The van der Waals surface area contributed by atoms with Gasteiger partial charge in [0.1, 0.15) is 0 Å². The Balaban J connectivity index is 1.93. The van der Waals surface area contributed by atoms with E-state index in [2.05, 4.69) is 32.7 Å². The van der Waals surface area contributed by atoms with Crippen LogP contribution in [0.15, 0.2) is 0 Å². The molecular weight excluding hydrogens is 174 g/mol. The lowest BCUT2D eigenvalue weighted by Crippen LogP contribution is -2.44. The minimum atomic E-state index is 0.0278. The summed E-state index contributed by atoms with van der Waals surface area (Å²) >= 11 is 0. The Morgan fingerprint density at radius 3 is 2.00 bits per heavy atom. The molecule has 2 rings (SSSR count). The standard InChI is InChI=1S/C12H23NO/c1-12(2,3)14-11-7-9-5-6-10(8-11)13(9)4/h9-11H,5-8H2,1-4H3. The molecule has 2 unspecified atom stereocenters. The first-order valence-corrected chi connectivity index (χ1v) is 5.85. The quantitative estimate of drug-likeness (QED) is 0.640. The molecule has 0 radical (unpaired) electrons. The molecule has 2 nitrogen and oxygen atoms in total. The molecule has 0 aliphatic carbocycles. The van der Waals surface area contributed by atoms with Crippen molar-refractivity contribution in [3.8, 4) is 0 Å². The number of fused-ring (bicyclic) bond motifs is 2. The van der Waals surface area contributed by atoms with Gasteiger partial charge in [0.2, 0.25) is 0 Å². The fraction of sp³-hybridized carbons (Fsp3) is 1.00. The van der Waals surface area contributed by atoms with Crippen LogP contribution in [0.25, 0.3) is 0 Å². The number of hydrogen-bond acceptors (Lipinski definition) is 2. The zero-order valence-corrected chi connectivity index (χ0v) is 9.92. The van der Waals surface area contributed by atoms with E-state index in [1.165, 1.54) is 25.7 Å². The summed E-state index contributed by atoms with van der Waals surface area (Å²) in [5.41, 5.74) is 0.0278. The van der Waals surface area contributed by atoms with Crippen molar-refractivity contribution in [2.24, 2.45) is 0 Å². The van der Waals surface area contributed by atoms with Gasteiger partial charge in [-0.2, -0.15) is 0 Å². The molecule has 2 fully saturated rings.